The summed E-state index contributed by atoms with van der Waals surface area (Å²) < 4.78 is 0. The van der Waals surface area contributed by atoms with Gasteiger partial charge in [-0.25, -0.2) is 0 Å². The third kappa shape index (κ3) is 3.02. The molecule has 3 rings (SSSR count). The molecule has 2 saturated heterocycles. The Labute approximate surface area is 121 Å². The van der Waals surface area contributed by atoms with E-state index < -0.39 is 0 Å². The largest absolute Gasteiger partial charge is 0.384 e. The van der Waals surface area contributed by atoms with E-state index in [4.69, 9.17) is 11.1 Å². The lowest BCUT2D eigenvalue weighted by molar-refractivity contribution is 0.230. The van der Waals surface area contributed by atoms with Gasteiger partial charge < -0.3 is 5.73 Å². The quantitative estimate of drug-likeness (QED) is 0.647. The number of hydrogen-bond donors (Lipinski definition) is 2. The van der Waals surface area contributed by atoms with E-state index in [1.807, 2.05) is 18.2 Å². The summed E-state index contributed by atoms with van der Waals surface area (Å²) in [5.74, 6) is 0.156. The lowest BCUT2D eigenvalue weighted by Gasteiger charge is -2.23. The van der Waals surface area contributed by atoms with Crippen LogP contribution in [0.2, 0.25) is 0 Å². The molecule has 1 atom stereocenters. The first-order valence-corrected chi connectivity index (χ1v) is 7.62. The third-order valence-electron chi connectivity index (χ3n) is 4.55. The van der Waals surface area contributed by atoms with Crippen LogP contribution in [-0.4, -0.2) is 47.9 Å². The molecule has 0 aliphatic carbocycles. The van der Waals surface area contributed by atoms with Gasteiger partial charge in [0.1, 0.15) is 5.84 Å². The fourth-order valence-corrected chi connectivity index (χ4v) is 3.46. The Balaban J connectivity index is 1.58. The second-order valence-corrected chi connectivity index (χ2v) is 6.03. The van der Waals surface area contributed by atoms with E-state index in [2.05, 4.69) is 15.9 Å². The van der Waals surface area contributed by atoms with Crippen LogP contribution in [0.25, 0.3) is 0 Å². The van der Waals surface area contributed by atoms with Crippen LogP contribution < -0.4 is 5.73 Å². The van der Waals surface area contributed by atoms with Crippen molar-refractivity contribution in [2.75, 3.05) is 26.2 Å². The highest BCUT2D eigenvalue weighted by Crippen LogP contribution is 2.21. The first-order valence-electron chi connectivity index (χ1n) is 7.62. The molecule has 1 unspecified atom stereocenters. The Hall–Kier alpha value is -1.39. The Kier molecular flexibility index (Phi) is 4.03. The van der Waals surface area contributed by atoms with Gasteiger partial charge in [0.25, 0.3) is 0 Å². The lowest BCUT2D eigenvalue weighted by Crippen LogP contribution is -2.35. The average Bonchev–Trinajstić information content (AvgIpc) is 3.09. The van der Waals surface area contributed by atoms with Crippen molar-refractivity contribution < 1.29 is 0 Å². The van der Waals surface area contributed by atoms with E-state index in [0.29, 0.717) is 0 Å². The SMILES string of the molecule is N=C(N)c1cccc(CN2CCC(N3CCCC3)C2)c1. The van der Waals surface area contributed by atoms with Crippen LogP contribution in [0.1, 0.15) is 30.4 Å². The topological polar surface area (TPSA) is 56.4 Å². The van der Waals surface area contributed by atoms with E-state index >= 15 is 0 Å². The molecule has 108 valence electrons. The minimum absolute atomic E-state index is 0.156. The number of rotatable bonds is 4. The van der Waals surface area contributed by atoms with Crippen LogP contribution in [0.15, 0.2) is 24.3 Å². The number of hydrogen-bond acceptors (Lipinski definition) is 3. The molecule has 0 radical (unpaired) electrons. The normalized spacial score (nSPS) is 24.3. The van der Waals surface area contributed by atoms with Gasteiger partial charge in [-0.2, -0.15) is 0 Å². The first kappa shape index (κ1) is 13.6. The molecule has 0 amide bonds. The lowest BCUT2D eigenvalue weighted by atomic mass is 10.1. The molecule has 2 aliphatic heterocycles. The predicted octanol–water partition coefficient (Wildman–Crippen LogP) is 1.64. The molecule has 1 aromatic carbocycles. The summed E-state index contributed by atoms with van der Waals surface area (Å²) in [4.78, 5) is 5.19. The molecule has 4 heteroatoms. The zero-order chi connectivity index (χ0) is 13.9. The van der Waals surface area contributed by atoms with Crippen molar-refractivity contribution in [3.8, 4) is 0 Å². The fourth-order valence-electron chi connectivity index (χ4n) is 3.46. The standard InChI is InChI=1S/C16H24N4/c17-16(18)14-5-3-4-13(10-14)11-19-9-6-15(12-19)20-7-1-2-8-20/h3-5,10,15H,1-2,6-9,11-12H2,(H3,17,18). The van der Waals surface area contributed by atoms with Crippen molar-refractivity contribution in [2.24, 2.45) is 5.73 Å². The number of amidine groups is 1. The number of likely N-dealkylation sites (tertiary alicyclic amines) is 2. The number of nitrogens with one attached hydrogen (secondary N) is 1. The molecular weight excluding hydrogens is 248 g/mol. The first-order chi connectivity index (χ1) is 9.72. The Bertz CT molecular complexity index is 479. The summed E-state index contributed by atoms with van der Waals surface area (Å²) in [7, 11) is 0. The number of benzene rings is 1. The van der Waals surface area contributed by atoms with Crippen LogP contribution in [0.3, 0.4) is 0 Å². The van der Waals surface area contributed by atoms with Crippen molar-refractivity contribution >= 4 is 5.84 Å². The molecule has 0 spiro atoms. The minimum Gasteiger partial charge on any atom is -0.384 e. The van der Waals surface area contributed by atoms with Crippen LogP contribution in [-0.2, 0) is 6.54 Å². The summed E-state index contributed by atoms with van der Waals surface area (Å²) >= 11 is 0. The zero-order valence-corrected chi connectivity index (χ0v) is 12.0. The van der Waals surface area contributed by atoms with Gasteiger partial charge in [0.05, 0.1) is 0 Å². The highest BCUT2D eigenvalue weighted by atomic mass is 15.3. The molecule has 3 N–H and O–H groups in total. The molecule has 0 saturated carbocycles. The zero-order valence-electron chi connectivity index (χ0n) is 12.0. The van der Waals surface area contributed by atoms with Crippen LogP contribution in [0, 0.1) is 5.41 Å². The van der Waals surface area contributed by atoms with Crippen molar-refractivity contribution in [3.05, 3.63) is 35.4 Å². The number of nitrogens with zero attached hydrogens (tertiary/aromatic N) is 2. The van der Waals surface area contributed by atoms with Gasteiger partial charge in [0.2, 0.25) is 0 Å². The molecular formula is C16H24N4. The van der Waals surface area contributed by atoms with Crippen molar-refractivity contribution in [3.63, 3.8) is 0 Å². The van der Waals surface area contributed by atoms with E-state index in [9.17, 15) is 0 Å². The van der Waals surface area contributed by atoms with Crippen LogP contribution in [0.5, 0.6) is 0 Å². The molecule has 2 fully saturated rings. The summed E-state index contributed by atoms with van der Waals surface area (Å²) in [5.41, 5.74) is 7.65. The molecule has 0 bridgehead atoms. The van der Waals surface area contributed by atoms with Crippen molar-refractivity contribution in [2.45, 2.75) is 31.8 Å². The van der Waals surface area contributed by atoms with Crippen molar-refractivity contribution in [1.82, 2.24) is 9.80 Å². The summed E-state index contributed by atoms with van der Waals surface area (Å²) in [6, 6.07) is 8.85. The Morgan fingerprint density at radius 2 is 2.05 bits per heavy atom. The molecule has 4 nitrogen and oxygen atoms in total. The highest BCUT2D eigenvalue weighted by molar-refractivity contribution is 5.95. The highest BCUT2D eigenvalue weighted by Gasteiger charge is 2.28. The summed E-state index contributed by atoms with van der Waals surface area (Å²) in [6.07, 6.45) is 4.04. The van der Waals surface area contributed by atoms with E-state index in [1.54, 1.807) is 0 Å². The van der Waals surface area contributed by atoms with Gasteiger partial charge in [-0.1, -0.05) is 18.2 Å². The summed E-state index contributed by atoms with van der Waals surface area (Å²) in [5, 5.41) is 7.52. The maximum atomic E-state index is 7.52. The van der Waals surface area contributed by atoms with Crippen LogP contribution >= 0.6 is 0 Å². The van der Waals surface area contributed by atoms with E-state index in [1.165, 1.54) is 51.0 Å². The van der Waals surface area contributed by atoms with E-state index in [0.717, 1.165) is 18.2 Å². The van der Waals surface area contributed by atoms with Crippen LogP contribution in [0.4, 0.5) is 0 Å². The number of nitrogens with two attached hydrogens (primary N) is 1. The molecule has 0 aromatic heterocycles. The smallest absolute Gasteiger partial charge is 0.122 e. The monoisotopic (exact) mass is 272 g/mol. The fraction of sp³-hybridized carbons (Fsp3) is 0.562. The Morgan fingerprint density at radius 1 is 1.25 bits per heavy atom. The van der Waals surface area contributed by atoms with E-state index in [-0.39, 0.29) is 5.84 Å². The summed E-state index contributed by atoms with van der Waals surface area (Å²) in [6.45, 7) is 5.93. The Morgan fingerprint density at radius 3 is 2.80 bits per heavy atom. The predicted molar refractivity (Wildman–Crippen MR) is 81.9 cm³/mol. The molecule has 20 heavy (non-hydrogen) atoms. The number of nitrogen functional groups attached to an aromatic ring is 1. The van der Waals surface area contributed by atoms with Gasteiger partial charge in [0.15, 0.2) is 0 Å². The van der Waals surface area contributed by atoms with Gasteiger partial charge in [-0.15, -0.1) is 0 Å². The third-order valence-corrected chi connectivity index (χ3v) is 4.55. The second kappa shape index (κ2) is 5.94. The van der Waals surface area contributed by atoms with Crippen molar-refractivity contribution in [1.29, 1.82) is 5.41 Å². The molecule has 2 aliphatic rings. The molecule has 1 aromatic rings. The second-order valence-electron chi connectivity index (χ2n) is 6.03. The average molecular weight is 272 g/mol. The minimum atomic E-state index is 0.156. The van der Waals surface area contributed by atoms with Gasteiger partial charge in [-0.3, -0.25) is 15.2 Å². The maximum absolute atomic E-state index is 7.52. The van der Waals surface area contributed by atoms with Gasteiger partial charge >= 0.3 is 0 Å². The molecule has 2 heterocycles. The van der Waals surface area contributed by atoms with Gasteiger partial charge in [0, 0.05) is 31.2 Å². The maximum Gasteiger partial charge on any atom is 0.122 e. The van der Waals surface area contributed by atoms with Gasteiger partial charge in [-0.05, 0) is 44.0 Å².